The van der Waals surface area contributed by atoms with Crippen LogP contribution in [-0.4, -0.2) is 329 Å². The van der Waals surface area contributed by atoms with Crippen LogP contribution >= 0.6 is 0 Å². The van der Waals surface area contributed by atoms with Gasteiger partial charge in [-0.2, -0.15) is 0 Å². The summed E-state index contributed by atoms with van der Waals surface area (Å²) < 4.78 is 0. The van der Waals surface area contributed by atoms with Crippen molar-refractivity contribution in [1.82, 2.24) is 0 Å². The van der Waals surface area contributed by atoms with Crippen molar-refractivity contribution in [3.8, 4) is 0 Å². The van der Waals surface area contributed by atoms with Crippen LogP contribution in [0.15, 0.2) is 0 Å². The smallest absolute Gasteiger partial charge is 0.870 e. The predicted octanol–water partition coefficient (Wildman–Crippen LogP) is -96.4. The molecule has 0 radical (unpaired) electrons. The third kappa shape index (κ3) is 1360. The van der Waals surface area contributed by atoms with E-state index in [-0.39, 0.29) is 1360 Å². The molecule has 80 heteroatoms. The molecule has 0 aliphatic heterocycles. The molecule has 480 valence electrons. The van der Waals surface area contributed by atoms with E-state index in [1.807, 2.05) is 0 Å². The van der Waals surface area contributed by atoms with E-state index in [1.54, 1.807) is 0 Å². The number of hydrogen-bond acceptors (Lipinski definition) is 20. The van der Waals surface area contributed by atoms with E-state index >= 15 is 0 Å². The van der Waals surface area contributed by atoms with Gasteiger partial charge in [0.2, 0.25) is 0 Å². The van der Waals surface area contributed by atoms with E-state index in [4.69, 9.17) is 0 Å². The topological polar surface area (TPSA) is 1860 Å². The maximum atomic E-state index is 0. The molecule has 0 atom stereocenters. The molecule has 0 rings (SSSR count). The standard InChI is InChI=1S/20K.60H2O/h;;;;;;;;;;;;;;;;;;;;60*1H2/q20*+1;;;;;;;;;;;;;;;;;;;;;;;;;;;;;;;;;;;;;;;;;;;;;;;;;;;;;;;;;;;;/p-20. The quantitative estimate of drug-likeness (QED) is 0.203. The van der Waals surface area contributed by atoms with Crippen molar-refractivity contribution in [2.45, 2.75) is 0 Å². The zero-order valence-electron chi connectivity index (χ0n) is 48.9. The summed E-state index contributed by atoms with van der Waals surface area (Å²) in [7, 11) is 0. The Morgan fingerprint density at radius 3 is 0.0375 bits per heavy atom. The van der Waals surface area contributed by atoms with Crippen LogP contribution in [0.1, 0.15) is 0 Å². The molecular formula is H100K20O60. The van der Waals surface area contributed by atoms with Crippen molar-refractivity contribution in [3.63, 3.8) is 0 Å². The van der Waals surface area contributed by atoms with Gasteiger partial charge in [-0.25, -0.2) is 0 Å². The molecule has 100 N–H and O–H groups in total. The van der Waals surface area contributed by atoms with Gasteiger partial charge in [0.25, 0.3) is 0 Å². The third-order valence-electron chi connectivity index (χ3n) is 0. The van der Waals surface area contributed by atoms with Gasteiger partial charge in [-0.05, 0) is 0 Å². The Bertz CT molecular complexity index is 64.9. The minimum Gasteiger partial charge on any atom is -0.870 e. The Labute approximate surface area is 1310 Å². The zero-order chi connectivity index (χ0) is 0. The molecule has 60 nitrogen and oxygen atoms in total. The summed E-state index contributed by atoms with van der Waals surface area (Å²) in [6.45, 7) is 0. The van der Waals surface area contributed by atoms with Gasteiger partial charge in [0.05, 0.1) is 0 Å². The van der Waals surface area contributed by atoms with Gasteiger partial charge in [-0.1, -0.05) is 0 Å². The summed E-state index contributed by atoms with van der Waals surface area (Å²) >= 11 is 0. The summed E-state index contributed by atoms with van der Waals surface area (Å²) in [5.74, 6) is 0. The predicted molar refractivity (Wildman–Crippen MR) is 183 cm³/mol. The van der Waals surface area contributed by atoms with Gasteiger partial charge in [0.15, 0.2) is 0 Å². The second-order valence-corrected chi connectivity index (χ2v) is 0. The fourth-order valence-electron chi connectivity index (χ4n) is 0. The normalized spacial score (nSPS) is 0. The second kappa shape index (κ2) is 1390. The van der Waals surface area contributed by atoms with Crippen molar-refractivity contribution < 1.29 is 1360 Å². The molecule has 0 aromatic rings. The van der Waals surface area contributed by atoms with Crippen molar-refractivity contribution in [1.29, 1.82) is 0 Å². The molecule has 0 heterocycles. The second-order valence-electron chi connectivity index (χ2n) is 0. The summed E-state index contributed by atoms with van der Waals surface area (Å²) in [6.07, 6.45) is 0. The first kappa shape index (κ1) is 1430. The van der Waals surface area contributed by atoms with E-state index in [1.165, 1.54) is 0 Å². The van der Waals surface area contributed by atoms with Gasteiger partial charge < -0.3 is 329 Å². The molecule has 0 aromatic carbocycles. The minimum atomic E-state index is 0. The Kier molecular flexibility index (Phi) is 25000. The summed E-state index contributed by atoms with van der Waals surface area (Å²) in [6, 6.07) is 0. The first-order chi connectivity index (χ1) is 0. The van der Waals surface area contributed by atoms with E-state index < -0.39 is 0 Å². The van der Waals surface area contributed by atoms with Gasteiger partial charge in [0.1, 0.15) is 0 Å². The largest absolute Gasteiger partial charge is 1.00 e. The zero-order valence-corrected chi connectivity index (χ0v) is 111. The summed E-state index contributed by atoms with van der Waals surface area (Å²) in [4.78, 5) is 0. The maximum absolute atomic E-state index is 0. The molecule has 0 saturated carbocycles. The van der Waals surface area contributed by atoms with E-state index in [0.29, 0.717) is 0 Å². The van der Waals surface area contributed by atoms with E-state index in [2.05, 4.69) is 0 Å². The molecule has 80 heavy (non-hydrogen) atoms. The molecule has 0 aliphatic rings. The molecule has 0 amide bonds. The van der Waals surface area contributed by atoms with Crippen molar-refractivity contribution >= 4 is 0 Å². The van der Waals surface area contributed by atoms with Crippen molar-refractivity contribution in [3.05, 3.63) is 0 Å². The first-order valence-electron chi connectivity index (χ1n) is 0. The van der Waals surface area contributed by atoms with Crippen LogP contribution in [0.4, 0.5) is 0 Å². The minimum absolute atomic E-state index is 0. The third-order valence-corrected chi connectivity index (χ3v) is 0. The van der Waals surface area contributed by atoms with Gasteiger partial charge in [-0.3, -0.25) is 0 Å². The Morgan fingerprint density at radius 1 is 0.0375 bits per heavy atom. The van der Waals surface area contributed by atoms with Crippen molar-refractivity contribution in [2.24, 2.45) is 0 Å². The molecule has 0 aliphatic carbocycles. The van der Waals surface area contributed by atoms with Crippen LogP contribution in [0.2, 0.25) is 0 Å². The Hall–Kier alpha value is 30.3. The Morgan fingerprint density at radius 2 is 0.0375 bits per heavy atom. The van der Waals surface area contributed by atoms with Crippen molar-refractivity contribution in [2.75, 3.05) is 0 Å². The van der Waals surface area contributed by atoms with Crippen LogP contribution in [0.25, 0.3) is 0 Å². The summed E-state index contributed by atoms with van der Waals surface area (Å²) in [5, 5.41) is 0. The summed E-state index contributed by atoms with van der Waals surface area (Å²) in [5.41, 5.74) is 0. The first-order valence-corrected chi connectivity index (χ1v) is 0. The average Bonchev–Trinajstić information content (AvgIpc) is 0. The van der Waals surface area contributed by atoms with Gasteiger partial charge in [-0.15, -0.1) is 0 Å². The maximum Gasteiger partial charge on any atom is 1.00 e. The van der Waals surface area contributed by atoms with E-state index in [9.17, 15) is 0 Å². The monoisotopic (exact) mass is 1840 g/mol. The van der Waals surface area contributed by atoms with Crippen LogP contribution in [-0.2, 0) is 0 Å². The average molecular weight is 1840 g/mol. The van der Waals surface area contributed by atoms with E-state index in [0.717, 1.165) is 0 Å². The molecular weight excluding hydrogens is 1740 g/mol. The molecule has 0 aromatic heterocycles. The van der Waals surface area contributed by atoms with Crippen LogP contribution in [0.5, 0.6) is 0 Å². The molecule has 0 spiro atoms. The SMILES string of the molecule is O.O.O.O.O.O.O.O.O.O.O.O.O.O.O.O.O.O.O.O.O.O.O.O.O.O.O.O.O.O.O.O.O.O.O.O.O.O.O.O.[K+].[K+].[K+].[K+].[K+].[K+].[K+].[K+].[K+].[K+].[K+].[K+].[K+].[K+].[K+].[K+].[K+].[K+].[K+].[K+].[OH-].[OH-].[OH-].[OH-].[OH-].[OH-].[OH-].[OH-].[OH-].[OH-].[OH-].[OH-].[OH-].[OH-].[OH-].[OH-].[OH-].[OH-].[OH-].[OH-]. The van der Waals surface area contributed by atoms with Crippen LogP contribution in [0.3, 0.4) is 0 Å². The van der Waals surface area contributed by atoms with Crippen LogP contribution in [0, 0.1) is 0 Å². The van der Waals surface area contributed by atoms with Gasteiger partial charge >= 0.3 is 1030 Å². The fourth-order valence-corrected chi connectivity index (χ4v) is 0. The molecule has 0 unspecified atom stereocenters. The number of hydrogen-bond donors (Lipinski definition) is 0. The van der Waals surface area contributed by atoms with Gasteiger partial charge in [0, 0.05) is 0 Å². The molecule has 0 bridgehead atoms. The molecule has 0 saturated heterocycles. The molecule has 0 fully saturated rings. The number of rotatable bonds is 0. The fraction of sp³-hybridized carbons (Fsp3) is 0. The van der Waals surface area contributed by atoms with Crippen LogP contribution < -0.4 is 1030 Å². The Balaban J connectivity index is 0.